The average Bonchev–Trinajstić information content (AvgIpc) is 3.31. The van der Waals surface area contributed by atoms with Crippen molar-refractivity contribution in [3.63, 3.8) is 0 Å². The van der Waals surface area contributed by atoms with Crippen LogP contribution in [0.4, 0.5) is 0 Å². The molecule has 4 rings (SSSR count). The largest absolute Gasteiger partial charge is 0.384 e. The molecule has 31 heavy (non-hydrogen) atoms. The van der Waals surface area contributed by atoms with Crippen molar-refractivity contribution in [2.24, 2.45) is 5.73 Å². The molecule has 162 valence electrons. The molecule has 1 aromatic heterocycles. The number of carbonyl (C=O) groups excluding carboxylic acids is 1. The number of amidine groups is 1. The van der Waals surface area contributed by atoms with Crippen LogP contribution < -0.4 is 5.73 Å². The van der Waals surface area contributed by atoms with Crippen LogP contribution in [0.2, 0.25) is 5.02 Å². The van der Waals surface area contributed by atoms with Crippen molar-refractivity contribution in [3.8, 4) is 0 Å². The summed E-state index contributed by atoms with van der Waals surface area (Å²) < 4.78 is 28.5. The van der Waals surface area contributed by atoms with E-state index in [1.165, 1.54) is 11.4 Å². The molecule has 0 spiro atoms. The van der Waals surface area contributed by atoms with Crippen LogP contribution >= 0.6 is 22.9 Å². The van der Waals surface area contributed by atoms with Crippen LogP contribution in [0.3, 0.4) is 0 Å². The number of halogens is 1. The molecule has 0 unspecified atom stereocenters. The summed E-state index contributed by atoms with van der Waals surface area (Å²) >= 11 is 7.16. The Bertz CT molecular complexity index is 1290. The van der Waals surface area contributed by atoms with Crippen molar-refractivity contribution in [2.75, 3.05) is 13.6 Å². The van der Waals surface area contributed by atoms with Crippen molar-refractivity contribution in [1.29, 1.82) is 5.41 Å². The first-order valence-electron chi connectivity index (χ1n) is 9.56. The second kappa shape index (κ2) is 8.23. The molecule has 0 saturated carbocycles. The molecule has 1 fully saturated rings. The van der Waals surface area contributed by atoms with E-state index in [9.17, 15) is 13.2 Å². The highest BCUT2D eigenvalue weighted by Crippen LogP contribution is 2.34. The molecular weight excluding hydrogens is 456 g/mol. The van der Waals surface area contributed by atoms with Gasteiger partial charge in [-0.1, -0.05) is 35.9 Å². The van der Waals surface area contributed by atoms with Gasteiger partial charge < -0.3 is 10.6 Å². The number of carbonyl (C=O) groups is 1. The highest BCUT2D eigenvalue weighted by atomic mass is 35.5. The monoisotopic (exact) mass is 476 g/mol. The molecule has 1 aliphatic rings. The summed E-state index contributed by atoms with van der Waals surface area (Å²) in [6.45, 7) is 0.793. The van der Waals surface area contributed by atoms with Crippen LogP contribution in [-0.4, -0.2) is 49.0 Å². The van der Waals surface area contributed by atoms with E-state index in [1.807, 2.05) is 6.07 Å². The zero-order valence-electron chi connectivity index (χ0n) is 16.7. The summed E-state index contributed by atoms with van der Waals surface area (Å²) in [6.07, 6.45) is 0.414. The lowest BCUT2D eigenvalue weighted by molar-refractivity contribution is -0.131. The number of sulfonamides is 1. The normalized spacial score (nSPS) is 17.1. The maximum absolute atomic E-state index is 13.2. The van der Waals surface area contributed by atoms with E-state index in [-0.39, 0.29) is 16.0 Å². The third-order valence-corrected chi connectivity index (χ3v) is 9.06. The van der Waals surface area contributed by atoms with Gasteiger partial charge in [-0.3, -0.25) is 10.2 Å². The fourth-order valence-corrected chi connectivity index (χ4v) is 6.90. The van der Waals surface area contributed by atoms with Gasteiger partial charge in [-0.05, 0) is 41.6 Å². The molecule has 2 heterocycles. The third kappa shape index (κ3) is 4.18. The van der Waals surface area contributed by atoms with E-state index in [2.05, 4.69) is 0 Å². The Hall–Kier alpha value is -2.46. The van der Waals surface area contributed by atoms with Gasteiger partial charge in [-0.2, -0.15) is 4.31 Å². The molecule has 1 atom stereocenters. The maximum Gasteiger partial charge on any atom is 0.253 e. The Balaban J connectivity index is 1.53. The average molecular weight is 477 g/mol. The Labute approximate surface area is 189 Å². The summed E-state index contributed by atoms with van der Waals surface area (Å²) in [7, 11) is -2.37. The molecule has 1 saturated heterocycles. The van der Waals surface area contributed by atoms with Crippen LogP contribution in [0.25, 0.3) is 10.1 Å². The maximum atomic E-state index is 13.2. The van der Waals surface area contributed by atoms with Crippen molar-refractivity contribution < 1.29 is 13.2 Å². The first-order valence-corrected chi connectivity index (χ1v) is 12.2. The second-order valence-corrected chi connectivity index (χ2v) is 11.2. The van der Waals surface area contributed by atoms with Gasteiger partial charge in [0.05, 0.1) is 0 Å². The van der Waals surface area contributed by atoms with Crippen molar-refractivity contribution in [1.82, 2.24) is 9.21 Å². The summed E-state index contributed by atoms with van der Waals surface area (Å²) in [5.41, 5.74) is 6.97. The minimum Gasteiger partial charge on any atom is -0.384 e. The van der Waals surface area contributed by atoms with Crippen molar-refractivity contribution >= 4 is 54.8 Å². The molecule has 0 bridgehead atoms. The summed E-state index contributed by atoms with van der Waals surface area (Å²) in [5.74, 6) is -0.272. The van der Waals surface area contributed by atoms with E-state index in [0.29, 0.717) is 30.1 Å². The van der Waals surface area contributed by atoms with E-state index in [1.54, 1.807) is 47.4 Å². The molecule has 0 aliphatic carbocycles. The van der Waals surface area contributed by atoms with Crippen LogP contribution in [0, 0.1) is 5.41 Å². The van der Waals surface area contributed by atoms with Crippen LogP contribution in [-0.2, 0) is 21.4 Å². The van der Waals surface area contributed by atoms with E-state index >= 15 is 0 Å². The van der Waals surface area contributed by atoms with Gasteiger partial charge in [-0.15, -0.1) is 11.3 Å². The number of nitrogens with one attached hydrogen (secondary N) is 1. The predicted molar refractivity (Wildman–Crippen MR) is 123 cm³/mol. The van der Waals surface area contributed by atoms with E-state index in [0.717, 1.165) is 27.0 Å². The number of nitrogens with zero attached hydrogens (tertiary/aromatic N) is 2. The lowest BCUT2D eigenvalue weighted by atomic mass is 10.1. The van der Waals surface area contributed by atoms with Crippen molar-refractivity contribution in [3.05, 3.63) is 64.7 Å². The molecule has 7 nitrogen and oxygen atoms in total. The molecule has 10 heteroatoms. The minimum atomic E-state index is -3.83. The van der Waals surface area contributed by atoms with Gasteiger partial charge >= 0.3 is 0 Å². The fraction of sp³-hybridized carbons (Fsp3) is 0.238. The first kappa shape index (κ1) is 21.8. The third-order valence-electron chi connectivity index (χ3n) is 5.41. The lowest BCUT2D eigenvalue weighted by Crippen LogP contribution is -2.42. The predicted octanol–water partition coefficient (Wildman–Crippen LogP) is 3.26. The van der Waals surface area contributed by atoms with Gasteiger partial charge in [-0.25, -0.2) is 8.42 Å². The molecular formula is C21H21ClN4O3S2. The zero-order chi connectivity index (χ0) is 22.3. The van der Waals surface area contributed by atoms with E-state index in [4.69, 9.17) is 22.7 Å². The summed E-state index contributed by atoms with van der Waals surface area (Å²) in [5, 5.41) is 8.91. The number of amides is 1. The first-order chi connectivity index (χ1) is 14.7. The standard InChI is InChI=1S/C21H21ClN4O3S2/c1-25(31(28,29)19-10-14-5-6-16(22)11-18(14)30-19)17-7-8-26(21(17)27)12-13-3-2-4-15(9-13)20(23)24/h2-6,9-11,17H,7-8,12H2,1H3,(H3,23,24)/t17-/m0/s1. The molecule has 1 aliphatic heterocycles. The Kier molecular flexibility index (Phi) is 5.78. The van der Waals surface area contributed by atoms with Crippen molar-refractivity contribution in [2.45, 2.75) is 23.2 Å². The number of hydrogen-bond donors (Lipinski definition) is 2. The number of nitrogen functional groups attached to an aromatic ring is 1. The molecule has 0 radical (unpaired) electrons. The SMILES string of the molecule is CN([C@H]1CCN(Cc2cccc(C(=N)N)c2)C1=O)S(=O)(=O)c1cc2ccc(Cl)cc2s1. The summed E-state index contributed by atoms with van der Waals surface area (Å²) in [4.78, 5) is 14.6. The number of hydrogen-bond acceptors (Lipinski definition) is 5. The van der Waals surface area contributed by atoms with Gasteiger partial charge in [0, 0.05) is 35.4 Å². The topological polar surface area (TPSA) is 108 Å². The number of nitrogens with two attached hydrogens (primary N) is 1. The van der Waals surface area contributed by atoms with Crippen LogP contribution in [0.15, 0.2) is 52.7 Å². The fourth-order valence-electron chi connectivity index (χ4n) is 3.69. The molecule has 3 N–H and O–H groups in total. The molecule has 3 aromatic rings. The highest BCUT2D eigenvalue weighted by Gasteiger charge is 2.40. The molecule has 1 amide bonds. The Morgan fingerprint density at radius 2 is 2.06 bits per heavy atom. The highest BCUT2D eigenvalue weighted by molar-refractivity contribution is 7.91. The number of thiophene rings is 1. The molecule has 2 aromatic carbocycles. The summed E-state index contributed by atoms with van der Waals surface area (Å²) in [6, 6.07) is 13.2. The van der Waals surface area contributed by atoms with Crippen LogP contribution in [0.5, 0.6) is 0 Å². The van der Waals surface area contributed by atoms with Gasteiger partial charge in [0.1, 0.15) is 16.1 Å². The van der Waals surface area contributed by atoms with E-state index < -0.39 is 16.1 Å². The number of likely N-dealkylation sites (tertiary alicyclic amines) is 1. The van der Waals surface area contributed by atoms with Gasteiger partial charge in [0.2, 0.25) is 5.91 Å². The van der Waals surface area contributed by atoms with Crippen LogP contribution in [0.1, 0.15) is 17.5 Å². The number of fused-ring (bicyclic) bond motifs is 1. The Morgan fingerprint density at radius 3 is 2.81 bits per heavy atom. The lowest BCUT2D eigenvalue weighted by Gasteiger charge is -2.23. The smallest absolute Gasteiger partial charge is 0.253 e. The second-order valence-electron chi connectivity index (χ2n) is 7.45. The Morgan fingerprint density at radius 1 is 1.29 bits per heavy atom. The quantitative estimate of drug-likeness (QED) is 0.420. The number of rotatable bonds is 6. The zero-order valence-corrected chi connectivity index (χ0v) is 19.1. The van der Waals surface area contributed by atoms with Gasteiger partial charge in [0.25, 0.3) is 10.0 Å². The number of likely N-dealkylation sites (N-methyl/N-ethyl adjacent to an activating group) is 1. The number of benzene rings is 2. The van der Waals surface area contributed by atoms with Gasteiger partial charge in [0.15, 0.2) is 0 Å². The minimum absolute atomic E-state index is 0.0390.